The summed E-state index contributed by atoms with van der Waals surface area (Å²) in [5.41, 5.74) is 1.85. The van der Waals surface area contributed by atoms with Gasteiger partial charge in [0.15, 0.2) is 9.84 Å². The van der Waals surface area contributed by atoms with E-state index >= 15 is 0 Å². The summed E-state index contributed by atoms with van der Waals surface area (Å²) in [6.45, 7) is 2.47. The highest BCUT2D eigenvalue weighted by molar-refractivity contribution is 7.91. The van der Waals surface area contributed by atoms with Crippen molar-refractivity contribution < 1.29 is 12.8 Å². The number of nitrogens with zero attached hydrogens (tertiary/aromatic N) is 1. The van der Waals surface area contributed by atoms with Crippen molar-refractivity contribution in [1.29, 1.82) is 0 Å². The first-order valence-electron chi connectivity index (χ1n) is 7.95. The SMILES string of the molecule is CCc1cc2oc(=O)cc(CN(C)C3CCS(=O)(=O)C3)c2cc1Cl. The Kier molecular flexibility index (Phi) is 4.73. The quantitative estimate of drug-likeness (QED) is 0.775. The molecule has 2 aromatic rings. The van der Waals surface area contributed by atoms with Gasteiger partial charge in [0.2, 0.25) is 0 Å². The summed E-state index contributed by atoms with van der Waals surface area (Å²) in [6, 6.07) is 5.07. The second-order valence-electron chi connectivity index (χ2n) is 6.36. The fourth-order valence-corrected chi connectivity index (χ4v) is 5.31. The van der Waals surface area contributed by atoms with Crippen LogP contribution >= 0.6 is 11.6 Å². The van der Waals surface area contributed by atoms with E-state index in [9.17, 15) is 13.2 Å². The molecule has 1 aliphatic rings. The molecule has 1 atom stereocenters. The van der Waals surface area contributed by atoms with Crippen molar-refractivity contribution in [2.45, 2.75) is 32.4 Å². The first-order valence-corrected chi connectivity index (χ1v) is 10.1. The summed E-state index contributed by atoms with van der Waals surface area (Å²) in [5, 5.41) is 1.44. The minimum atomic E-state index is -2.94. The fraction of sp³-hybridized carbons (Fsp3) is 0.471. The molecule has 0 N–H and O–H groups in total. The van der Waals surface area contributed by atoms with Crippen molar-refractivity contribution in [3.8, 4) is 0 Å². The average Bonchev–Trinajstić information content (AvgIpc) is 2.87. The van der Waals surface area contributed by atoms with Crippen LogP contribution in [0.15, 0.2) is 27.4 Å². The first kappa shape index (κ1) is 17.5. The number of hydrogen-bond donors (Lipinski definition) is 0. The minimum absolute atomic E-state index is 0.0253. The zero-order valence-electron chi connectivity index (χ0n) is 13.7. The summed E-state index contributed by atoms with van der Waals surface area (Å²) in [4.78, 5) is 13.9. The number of rotatable bonds is 4. The van der Waals surface area contributed by atoms with E-state index in [0.717, 1.165) is 22.9 Å². The van der Waals surface area contributed by atoms with E-state index in [1.54, 1.807) is 0 Å². The molecule has 1 aromatic carbocycles. The maximum absolute atomic E-state index is 11.9. The molecule has 1 saturated heterocycles. The van der Waals surface area contributed by atoms with E-state index < -0.39 is 15.5 Å². The molecule has 2 heterocycles. The number of hydrogen-bond acceptors (Lipinski definition) is 5. The zero-order chi connectivity index (χ0) is 17.5. The maximum atomic E-state index is 11.9. The molecule has 0 bridgehead atoms. The van der Waals surface area contributed by atoms with Crippen LogP contribution in [-0.4, -0.2) is 37.9 Å². The molecule has 0 radical (unpaired) electrons. The van der Waals surface area contributed by atoms with Crippen LogP contribution in [0.25, 0.3) is 11.0 Å². The number of fused-ring (bicyclic) bond motifs is 1. The lowest BCUT2D eigenvalue weighted by Crippen LogP contribution is -2.32. The van der Waals surface area contributed by atoms with Gasteiger partial charge in [-0.15, -0.1) is 0 Å². The molecule has 0 spiro atoms. The van der Waals surface area contributed by atoms with Crippen LogP contribution in [0.2, 0.25) is 5.02 Å². The van der Waals surface area contributed by atoms with E-state index in [1.165, 1.54) is 6.07 Å². The Balaban J connectivity index is 1.97. The Hall–Kier alpha value is -1.37. The molecular weight excluding hydrogens is 350 g/mol. The van der Waals surface area contributed by atoms with E-state index in [0.29, 0.717) is 23.6 Å². The van der Waals surface area contributed by atoms with Crippen molar-refractivity contribution in [1.82, 2.24) is 4.90 Å². The van der Waals surface area contributed by atoms with Crippen LogP contribution < -0.4 is 5.63 Å². The van der Waals surface area contributed by atoms with Crippen LogP contribution in [0.5, 0.6) is 0 Å². The smallest absolute Gasteiger partial charge is 0.336 e. The highest BCUT2D eigenvalue weighted by Gasteiger charge is 2.30. The molecule has 1 unspecified atom stereocenters. The molecule has 1 fully saturated rings. The molecule has 3 rings (SSSR count). The van der Waals surface area contributed by atoms with Gasteiger partial charge in [-0.25, -0.2) is 13.2 Å². The summed E-state index contributed by atoms with van der Waals surface area (Å²) in [5.74, 6) is 0.398. The van der Waals surface area contributed by atoms with Gasteiger partial charge in [-0.05, 0) is 43.1 Å². The van der Waals surface area contributed by atoms with Crippen molar-refractivity contribution >= 4 is 32.4 Å². The number of halogens is 1. The van der Waals surface area contributed by atoms with E-state index in [-0.39, 0.29) is 17.5 Å². The Morgan fingerprint density at radius 1 is 1.29 bits per heavy atom. The maximum Gasteiger partial charge on any atom is 0.336 e. The minimum Gasteiger partial charge on any atom is -0.423 e. The molecule has 1 aliphatic heterocycles. The highest BCUT2D eigenvalue weighted by atomic mass is 35.5. The third kappa shape index (κ3) is 3.50. The Bertz CT molecular complexity index is 935. The first-order chi connectivity index (χ1) is 11.3. The molecule has 130 valence electrons. The Labute approximate surface area is 146 Å². The van der Waals surface area contributed by atoms with Gasteiger partial charge < -0.3 is 4.42 Å². The van der Waals surface area contributed by atoms with E-state index in [4.69, 9.17) is 16.0 Å². The van der Waals surface area contributed by atoms with Crippen molar-refractivity contribution in [3.05, 3.63) is 44.8 Å². The third-order valence-electron chi connectivity index (χ3n) is 4.63. The van der Waals surface area contributed by atoms with Gasteiger partial charge in [-0.2, -0.15) is 0 Å². The monoisotopic (exact) mass is 369 g/mol. The molecule has 0 amide bonds. The van der Waals surface area contributed by atoms with Gasteiger partial charge in [0.25, 0.3) is 0 Å². The fourth-order valence-electron chi connectivity index (χ4n) is 3.21. The van der Waals surface area contributed by atoms with Crippen LogP contribution in [0.4, 0.5) is 0 Å². The lowest BCUT2D eigenvalue weighted by molar-refractivity contribution is 0.254. The summed E-state index contributed by atoms with van der Waals surface area (Å²) in [7, 11) is -1.06. The second-order valence-corrected chi connectivity index (χ2v) is 8.99. The van der Waals surface area contributed by atoms with Crippen molar-refractivity contribution in [2.75, 3.05) is 18.6 Å². The molecule has 0 saturated carbocycles. The van der Waals surface area contributed by atoms with Crippen LogP contribution in [0.3, 0.4) is 0 Å². The van der Waals surface area contributed by atoms with Gasteiger partial charge in [-0.3, -0.25) is 4.90 Å². The summed E-state index contributed by atoms with van der Waals surface area (Å²) < 4.78 is 28.7. The lowest BCUT2D eigenvalue weighted by Gasteiger charge is -2.23. The van der Waals surface area contributed by atoms with Gasteiger partial charge in [0.05, 0.1) is 11.5 Å². The lowest BCUT2D eigenvalue weighted by atomic mass is 10.1. The largest absolute Gasteiger partial charge is 0.423 e. The molecule has 24 heavy (non-hydrogen) atoms. The summed E-state index contributed by atoms with van der Waals surface area (Å²) >= 11 is 6.30. The molecule has 5 nitrogen and oxygen atoms in total. The Morgan fingerprint density at radius 3 is 2.67 bits per heavy atom. The predicted octanol–water partition coefficient (Wildman–Crippen LogP) is 2.63. The predicted molar refractivity (Wildman–Crippen MR) is 95.4 cm³/mol. The second kappa shape index (κ2) is 6.50. The van der Waals surface area contributed by atoms with E-state index in [1.807, 2.05) is 31.0 Å². The number of aryl methyl sites for hydroxylation is 1. The standard InChI is InChI=1S/C17H20ClNO4S/c1-3-11-6-16-14(8-15(11)18)12(7-17(20)23-16)9-19(2)13-4-5-24(21,22)10-13/h6-8,13H,3-5,9-10H2,1-2H3. The van der Waals surface area contributed by atoms with Gasteiger partial charge in [-0.1, -0.05) is 18.5 Å². The van der Waals surface area contributed by atoms with Gasteiger partial charge >= 0.3 is 5.63 Å². The zero-order valence-corrected chi connectivity index (χ0v) is 15.3. The Morgan fingerprint density at radius 2 is 2.04 bits per heavy atom. The molecular formula is C17H20ClNO4S. The summed E-state index contributed by atoms with van der Waals surface area (Å²) in [6.07, 6.45) is 1.38. The normalized spacial score (nSPS) is 20.1. The highest BCUT2D eigenvalue weighted by Crippen LogP contribution is 2.27. The topological polar surface area (TPSA) is 67.6 Å². The van der Waals surface area contributed by atoms with Crippen LogP contribution in [0.1, 0.15) is 24.5 Å². The van der Waals surface area contributed by atoms with E-state index in [2.05, 4.69) is 0 Å². The average molecular weight is 370 g/mol. The molecule has 1 aromatic heterocycles. The van der Waals surface area contributed by atoms with Crippen LogP contribution in [-0.2, 0) is 22.8 Å². The van der Waals surface area contributed by atoms with Gasteiger partial charge in [0, 0.05) is 29.1 Å². The third-order valence-corrected chi connectivity index (χ3v) is 6.73. The number of benzene rings is 1. The van der Waals surface area contributed by atoms with Gasteiger partial charge in [0.1, 0.15) is 5.58 Å². The van der Waals surface area contributed by atoms with Crippen molar-refractivity contribution in [3.63, 3.8) is 0 Å². The molecule has 7 heteroatoms. The molecule has 0 aliphatic carbocycles. The number of sulfone groups is 1. The van der Waals surface area contributed by atoms with Crippen molar-refractivity contribution in [2.24, 2.45) is 0 Å². The van der Waals surface area contributed by atoms with Crippen LogP contribution in [0, 0.1) is 0 Å².